The molecule has 0 saturated carbocycles. The van der Waals surface area contributed by atoms with Gasteiger partial charge in [-0.15, -0.1) is 0 Å². The van der Waals surface area contributed by atoms with Crippen LogP contribution in [-0.2, 0) is 9.53 Å². The number of para-hydroxylation sites is 2. The molecule has 2 aromatic rings. The number of hydrogen-bond acceptors (Lipinski definition) is 4. The number of carbonyl (C=O) groups excluding carboxylic acids is 2. The summed E-state index contributed by atoms with van der Waals surface area (Å²) in [5.74, 6) is -1.48. The first-order valence-electron chi connectivity index (χ1n) is 9.48. The number of nitrogens with zero attached hydrogens (tertiary/aromatic N) is 3. The van der Waals surface area contributed by atoms with Crippen molar-refractivity contribution in [3.8, 4) is 0 Å². The Bertz CT molecular complexity index is 900. The van der Waals surface area contributed by atoms with Crippen molar-refractivity contribution >= 4 is 23.3 Å². The first-order valence-corrected chi connectivity index (χ1v) is 9.48. The van der Waals surface area contributed by atoms with E-state index in [0.717, 1.165) is 0 Å². The molecule has 2 aliphatic heterocycles. The van der Waals surface area contributed by atoms with E-state index in [4.69, 9.17) is 4.74 Å². The van der Waals surface area contributed by atoms with Crippen molar-refractivity contribution in [1.82, 2.24) is 4.90 Å². The summed E-state index contributed by atoms with van der Waals surface area (Å²) in [7, 11) is 1.91. The molecule has 3 amide bonds. The zero-order valence-corrected chi connectivity index (χ0v) is 16.6. The third-order valence-electron chi connectivity index (χ3n) is 5.93. The van der Waals surface area contributed by atoms with E-state index in [1.807, 2.05) is 81.2 Å². The molecule has 2 saturated heterocycles. The van der Waals surface area contributed by atoms with Crippen molar-refractivity contribution in [1.29, 1.82) is 0 Å². The molecule has 0 aliphatic carbocycles. The third kappa shape index (κ3) is 2.34. The number of hydrogen-bond donors (Lipinski definition) is 0. The maximum absolute atomic E-state index is 13.8. The van der Waals surface area contributed by atoms with Crippen LogP contribution in [0.15, 0.2) is 60.7 Å². The van der Waals surface area contributed by atoms with Crippen LogP contribution in [0.2, 0.25) is 0 Å². The van der Waals surface area contributed by atoms with E-state index in [-0.39, 0.29) is 11.9 Å². The molecule has 146 valence electrons. The molecule has 2 atom stereocenters. The van der Waals surface area contributed by atoms with Crippen molar-refractivity contribution < 1.29 is 14.3 Å². The SMILES string of the molecule is CC1CO[C@]2(N(c3ccccc3)C(=O)N(c3ccccc3)C(=O)C2(C)C)N1C. The van der Waals surface area contributed by atoms with E-state index in [0.29, 0.717) is 18.0 Å². The Labute approximate surface area is 165 Å². The average Bonchev–Trinajstić information content (AvgIpc) is 2.99. The van der Waals surface area contributed by atoms with Crippen molar-refractivity contribution in [3.05, 3.63) is 60.7 Å². The summed E-state index contributed by atoms with van der Waals surface area (Å²) in [6, 6.07) is 18.1. The van der Waals surface area contributed by atoms with Crippen LogP contribution in [0.5, 0.6) is 0 Å². The number of ether oxygens (including phenoxy) is 1. The minimum atomic E-state index is -1.20. The molecule has 4 rings (SSSR count). The Morgan fingerprint density at radius 2 is 1.46 bits per heavy atom. The Kier molecular flexibility index (Phi) is 4.28. The van der Waals surface area contributed by atoms with Gasteiger partial charge in [0, 0.05) is 11.7 Å². The Morgan fingerprint density at radius 1 is 0.929 bits per heavy atom. The fraction of sp³-hybridized carbons (Fsp3) is 0.364. The lowest BCUT2D eigenvalue weighted by Crippen LogP contribution is -2.78. The number of imide groups is 1. The topological polar surface area (TPSA) is 53.1 Å². The molecule has 0 bridgehead atoms. The second-order valence-corrected chi connectivity index (χ2v) is 7.93. The molecule has 2 aliphatic rings. The summed E-state index contributed by atoms with van der Waals surface area (Å²) in [5.41, 5.74) is 0.233. The zero-order chi connectivity index (χ0) is 20.1. The molecule has 2 fully saturated rings. The highest BCUT2D eigenvalue weighted by Crippen LogP contribution is 2.50. The molecule has 2 aromatic carbocycles. The highest BCUT2D eigenvalue weighted by atomic mass is 16.6. The lowest BCUT2D eigenvalue weighted by atomic mass is 9.80. The Morgan fingerprint density at radius 3 is 1.96 bits per heavy atom. The van der Waals surface area contributed by atoms with Crippen LogP contribution in [0.1, 0.15) is 20.8 Å². The van der Waals surface area contributed by atoms with Gasteiger partial charge in [0.2, 0.25) is 11.8 Å². The van der Waals surface area contributed by atoms with Crippen molar-refractivity contribution in [3.63, 3.8) is 0 Å². The lowest BCUT2D eigenvalue weighted by Gasteiger charge is -2.57. The molecule has 1 spiro atoms. The summed E-state index contributed by atoms with van der Waals surface area (Å²) in [6.45, 7) is 6.17. The number of likely N-dealkylation sites (N-methyl/N-ethyl adjacent to an activating group) is 1. The quantitative estimate of drug-likeness (QED) is 0.799. The van der Waals surface area contributed by atoms with Gasteiger partial charge in [0.15, 0.2) is 0 Å². The maximum atomic E-state index is 13.8. The third-order valence-corrected chi connectivity index (χ3v) is 5.93. The van der Waals surface area contributed by atoms with Crippen LogP contribution in [-0.4, -0.2) is 42.4 Å². The first kappa shape index (κ1) is 18.7. The van der Waals surface area contributed by atoms with Gasteiger partial charge in [-0.25, -0.2) is 14.6 Å². The molecule has 0 N–H and O–H groups in total. The van der Waals surface area contributed by atoms with Gasteiger partial charge in [0.25, 0.3) is 0 Å². The van der Waals surface area contributed by atoms with Gasteiger partial charge in [-0.2, -0.15) is 0 Å². The second kappa shape index (κ2) is 6.43. The van der Waals surface area contributed by atoms with E-state index >= 15 is 0 Å². The Hall–Kier alpha value is -2.70. The predicted molar refractivity (Wildman–Crippen MR) is 108 cm³/mol. The summed E-state index contributed by atoms with van der Waals surface area (Å²) in [6.07, 6.45) is 0. The second-order valence-electron chi connectivity index (χ2n) is 7.93. The number of benzene rings is 2. The van der Waals surface area contributed by atoms with Gasteiger partial charge in [-0.1, -0.05) is 36.4 Å². The van der Waals surface area contributed by atoms with E-state index in [2.05, 4.69) is 0 Å². The minimum Gasteiger partial charge on any atom is -0.339 e. The van der Waals surface area contributed by atoms with Crippen LogP contribution in [0.4, 0.5) is 16.2 Å². The molecule has 0 aromatic heterocycles. The van der Waals surface area contributed by atoms with E-state index in [1.54, 1.807) is 17.0 Å². The molecule has 0 radical (unpaired) electrons. The fourth-order valence-corrected chi connectivity index (χ4v) is 4.27. The largest absolute Gasteiger partial charge is 0.339 e. The zero-order valence-electron chi connectivity index (χ0n) is 16.6. The van der Waals surface area contributed by atoms with Crippen molar-refractivity contribution in [2.24, 2.45) is 5.41 Å². The molecule has 1 unspecified atom stereocenters. The summed E-state index contributed by atoms with van der Waals surface area (Å²) in [4.78, 5) is 32.3. The average molecular weight is 379 g/mol. The number of anilines is 2. The highest BCUT2D eigenvalue weighted by molar-refractivity contribution is 6.24. The fourth-order valence-electron chi connectivity index (χ4n) is 4.27. The first-order chi connectivity index (χ1) is 13.3. The molecular weight excluding hydrogens is 354 g/mol. The van der Waals surface area contributed by atoms with Crippen LogP contribution < -0.4 is 9.80 Å². The lowest BCUT2D eigenvalue weighted by molar-refractivity contribution is -0.173. The molecule has 2 heterocycles. The van der Waals surface area contributed by atoms with Gasteiger partial charge < -0.3 is 4.74 Å². The minimum absolute atomic E-state index is 0.0642. The van der Waals surface area contributed by atoms with Gasteiger partial charge in [-0.05, 0) is 52.1 Å². The van der Waals surface area contributed by atoms with Crippen molar-refractivity contribution in [2.75, 3.05) is 23.5 Å². The molecular formula is C22H25N3O3. The van der Waals surface area contributed by atoms with Gasteiger partial charge in [0.1, 0.15) is 5.41 Å². The van der Waals surface area contributed by atoms with E-state index in [1.165, 1.54) is 4.90 Å². The number of rotatable bonds is 2. The standard InChI is InChI=1S/C22H25N3O3/c1-16-15-28-22(23(16)4)21(2,3)19(26)24(17-11-7-5-8-12-17)20(27)25(22)18-13-9-6-10-14-18/h5-14,16H,15H2,1-4H3/t16?,22-/m0/s1. The molecule has 6 nitrogen and oxygen atoms in total. The van der Waals surface area contributed by atoms with Crippen molar-refractivity contribution in [2.45, 2.75) is 32.7 Å². The smallest absolute Gasteiger partial charge is 0.339 e. The Balaban J connectivity index is 1.95. The van der Waals surface area contributed by atoms with E-state index < -0.39 is 17.3 Å². The monoisotopic (exact) mass is 379 g/mol. The maximum Gasteiger partial charge on any atom is 0.339 e. The van der Waals surface area contributed by atoms with Gasteiger partial charge in [0.05, 0.1) is 12.3 Å². The molecule has 28 heavy (non-hydrogen) atoms. The highest BCUT2D eigenvalue weighted by Gasteiger charge is 2.68. The summed E-state index contributed by atoms with van der Waals surface area (Å²) < 4.78 is 6.30. The van der Waals surface area contributed by atoms with Crippen LogP contribution >= 0.6 is 0 Å². The number of amides is 3. The predicted octanol–water partition coefficient (Wildman–Crippen LogP) is 3.69. The summed E-state index contributed by atoms with van der Waals surface area (Å²) >= 11 is 0. The normalized spacial score (nSPS) is 27.6. The van der Waals surface area contributed by atoms with Crippen LogP contribution in [0.25, 0.3) is 0 Å². The van der Waals surface area contributed by atoms with E-state index in [9.17, 15) is 9.59 Å². The van der Waals surface area contributed by atoms with Gasteiger partial charge >= 0.3 is 6.03 Å². The molecule has 6 heteroatoms. The summed E-state index contributed by atoms with van der Waals surface area (Å²) in [5, 5.41) is 0. The van der Waals surface area contributed by atoms with Crippen LogP contribution in [0, 0.1) is 5.41 Å². The number of carbonyl (C=O) groups is 2. The number of urea groups is 1. The van der Waals surface area contributed by atoms with Gasteiger partial charge in [-0.3, -0.25) is 9.69 Å². The van der Waals surface area contributed by atoms with Crippen LogP contribution in [0.3, 0.4) is 0 Å².